The number of H-pyrrole nitrogens is 1. The van der Waals surface area contributed by atoms with E-state index in [4.69, 9.17) is 23.2 Å². The van der Waals surface area contributed by atoms with Crippen molar-refractivity contribution in [1.82, 2.24) is 4.98 Å². The van der Waals surface area contributed by atoms with Gasteiger partial charge in [0.25, 0.3) is 0 Å². The Kier molecular flexibility index (Phi) is 3.48. The van der Waals surface area contributed by atoms with Gasteiger partial charge in [-0.05, 0) is 37.3 Å². The van der Waals surface area contributed by atoms with Crippen molar-refractivity contribution >= 4 is 43.9 Å². The van der Waals surface area contributed by atoms with E-state index in [9.17, 15) is 8.42 Å². The summed E-state index contributed by atoms with van der Waals surface area (Å²) in [5.74, 6) is 0. The minimum atomic E-state index is -3.72. The number of aryl methyl sites for hydroxylation is 1. The van der Waals surface area contributed by atoms with Crippen LogP contribution in [0, 0.1) is 6.92 Å². The van der Waals surface area contributed by atoms with Gasteiger partial charge in [-0.1, -0.05) is 35.3 Å². The van der Waals surface area contributed by atoms with Crippen LogP contribution in [0.15, 0.2) is 52.3 Å². The Hall–Kier alpha value is -1.49. The summed E-state index contributed by atoms with van der Waals surface area (Å²) in [6, 6.07) is 11.5. The molecule has 6 heteroatoms. The number of hydrogen-bond acceptors (Lipinski definition) is 2. The van der Waals surface area contributed by atoms with Gasteiger partial charge in [0.2, 0.25) is 9.84 Å². The molecule has 3 rings (SSSR count). The lowest BCUT2D eigenvalue weighted by Crippen LogP contribution is -2.03. The Bertz CT molecular complexity index is 945. The Morgan fingerprint density at radius 2 is 1.76 bits per heavy atom. The summed E-state index contributed by atoms with van der Waals surface area (Å²) < 4.78 is 25.8. The van der Waals surface area contributed by atoms with Crippen LogP contribution in [0.4, 0.5) is 0 Å². The van der Waals surface area contributed by atoms with Gasteiger partial charge in [-0.15, -0.1) is 0 Å². The Labute approximate surface area is 132 Å². The first kappa shape index (κ1) is 14.4. The van der Waals surface area contributed by atoms with E-state index < -0.39 is 9.84 Å². The fourth-order valence-electron chi connectivity index (χ4n) is 2.39. The first-order valence-electron chi connectivity index (χ1n) is 6.18. The molecule has 0 radical (unpaired) electrons. The maximum absolute atomic E-state index is 12.9. The van der Waals surface area contributed by atoms with Gasteiger partial charge in [0, 0.05) is 21.6 Å². The van der Waals surface area contributed by atoms with Crippen LogP contribution < -0.4 is 0 Å². The predicted octanol–water partition coefficient (Wildman–Crippen LogP) is 4.62. The van der Waals surface area contributed by atoms with Gasteiger partial charge in [-0.25, -0.2) is 8.42 Å². The summed E-state index contributed by atoms with van der Waals surface area (Å²) >= 11 is 12.0. The highest BCUT2D eigenvalue weighted by molar-refractivity contribution is 7.92. The molecule has 0 saturated heterocycles. The molecule has 1 aromatic heterocycles. The summed E-state index contributed by atoms with van der Waals surface area (Å²) in [7, 11) is -3.72. The third kappa shape index (κ3) is 2.33. The highest BCUT2D eigenvalue weighted by atomic mass is 35.5. The number of nitrogens with one attached hydrogen (secondary N) is 1. The molecule has 0 atom stereocenters. The molecule has 3 aromatic rings. The third-order valence-corrected chi connectivity index (χ3v) is 5.96. The van der Waals surface area contributed by atoms with Gasteiger partial charge >= 0.3 is 0 Å². The van der Waals surface area contributed by atoms with E-state index in [0.29, 0.717) is 16.1 Å². The number of halogens is 2. The zero-order chi connectivity index (χ0) is 15.2. The van der Waals surface area contributed by atoms with Gasteiger partial charge < -0.3 is 4.98 Å². The number of hydrogen-bond donors (Lipinski definition) is 1. The highest BCUT2D eigenvalue weighted by Gasteiger charge is 2.26. The van der Waals surface area contributed by atoms with E-state index in [-0.39, 0.29) is 14.8 Å². The fourth-order valence-corrected chi connectivity index (χ4v) is 4.72. The van der Waals surface area contributed by atoms with Crippen molar-refractivity contribution in [2.75, 3.05) is 0 Å². The molecule has 2 aromatic carbocycles. The molecule has 0 unspecified atom stereocenters. The molecule has 21 heavy (non-hydrogen) atoms. The van der Waals surface area contributed by atoms with Crippen molar-refractivity contribution in [3.63, 3.8) is 0 Å². The Balaban J connectivity index is 2.37. The molecule has 0 fully saturated rings. The van der Waals surface area contributed by atoms with Crippen LogP contribution in [0.2, 0.25) is 10.0 Å². The molecule has 0 spiro atoms. The maximum Gasteiger partial charge on any atom is 0.210 e. The van der Waals surface area contributed by atoms with E-state index in [1.165, 1.54) is 6.07 Å². The second-order valence-corrected chi connectivity index (χ2v) is 7.40. The van der Waals surface area contributed by atoms with E-state index in [2.05, 4.69) is 4.98 Å². The minimum absolute atomic E-state index is 0.0932. The second kappa shape index (κ2) is 5.05. The van der Waals surface area contributed by atoms with E-state index in [1.54, 1.807) is 43.3 Å². The van der Waals surface area contributed by atoms with Gasteiger partial charge in [-0.2, -0.15) is 0 Å². The number of benzene rings is 2. The number of aromatic nitrogens is 1. The summed E-state index contributed by atoms with van der Waals surface area (Å²) in [5.41, 5.74) is 1.29. The van der Waals surface area contributed by atoms with Crippen LogP contribution in [0.5, 0.6) is 0 Å². The third-order valence-electron chi connectivity index (χ3n) is 3.28. The van der Waals surface area contributed by atoms with Crippen LogP contribution >= 0.6 is 23.2 Å². The van der Waals surface area contributed by atoms with Crippen LogP contribution in [-0.4, -0.2) is 13.4 Å². The van der Waals surface area contributed by atoms with Crippen molar-refractivity contribution in [2.45, 2.75) is 16.7 Å². The maximum atomic E-state index is 12.9. The smallest absolute Gasteiger partial charge is 0.210 e. The first-order valence-corrected chi connectivity index (χ1v) is 8.42. The summed E-state index contributed by atoms with van der Waals surface area (Å²) in [6.45, 7) is 1.72. The highest BCUT2D eigenvalue weighted by Crippen LogP contribution is 2.35. The number of fused-ring (bicyclic) bond motifs is 1. The van der Waals surface area contributed by atoms with Gasteiger partial charge in [0.15, 0.2) is 0 Å². The number of sulfone groups is 1. The quantitative estimate of drug-likeness (QED) is 0.740. The molecule has 0 amide bonds. The lowest BCUT2D eigenvalue weighted by molar-refractivity contribution is 0.596. The largest absolute Gasteiger partial charge is 0.358 e. The Morgan fingerprint density at radius 1 is 1.05 bits per heavy atom. The molecule has 0 aliphatic carbocycles. The van der Waals surface area contributed by atoms with Crippen LogP contribution in [0.25, 0.3) is 10.9 Å². The molecular formula is C15H11Cl2NO2S. The average molecular weight is 340 g/mol. The molecule has 3 nitrogen and oxygen atoms in total. The zero-order valence-electron chi connectivity index (χ0n) is 11.0. The van der Waals surface area contributed by atoms with Crippen molar-refractivity contribution in [2.24, 2.45) is 0 Å². The second-order valence-electron chi connectivity index (χ2n) is 4.70. The molecule has 0 aliphatic rings. The molecule has 1 N–H and O–H groups in total. The van der Waals surface area contributed by atoms with E-state index in [0.717, 1.165) is 5.52 Å². The van der Waals surface area contributed by atoms with Crippen LogP contribution in [0.1, 0.15) is 5.69 Å². The minimum Gasteiger partial charge on any atom is -0.358 e. The molecule has 0 aliphatic heterocycles. The van der Waals surface area contributed by atoms with Crippen molar-refractivity contribution in [3.8, 4) is 0 Å². The SMILES string of the molecule is Cc1[nH]c2ccc(Cl)cc2c1S(=O)(=O)c1ccccc1Cl. The van der Waals surface area contributed by atoms with E-state index in [1.807, 2.05) is 0 Å². The summed E-state index contributed by atoms with van der Waals surface area (Å²) in [6.07, 6.45) is 0. The van der Waals surface area contributed by atoms with Crippen LogP contribution in [-0.2, 0) is 9.84 Å². The Morgan fingerprint density at radius 3 is 2.48 bits per heavy atom. The predicted molar refractivity (Wildman–Crippen MR) is 84.9 cm³/mol. The van der Waals surface area contributed by atoms with Crippen molar-refractivity contribution in [3.05, 3.63) is 58.2 Å². The summed E-state index contributed by atoms with van der Waals surface area (Å²) in [5, 5.41) is 1.25. The van der Waals surface area contributed by atoms with Gasteiger partial charge in [0.1, 0.15) is 4.90 Å². The summed E-state index contributed by atoms with van der Waals surface area (Å²) in [4.78, 5) is 3.38. The fraction of sp³-hybridized carbons (Fsp3) is 0.0667. The number of aromatic amines is 1. The molecule has 0 bridgehead atoms. The van der Waals surface area contributed by atoms with Gasteiger partial charge in [-0.3, -0.25) is 0 Å². The first-order chi connectivity index (χ1) is 9.91. The molecule has 0 saturated carbocycles. The van der Waals surface area contributed by atoms with Crippen molar-refractivity contribution < 1.29 is 8.42 Å². The van der Waals surface area contributed by atoms with Crippen molar-refractivity contribution in [1.29, 1.82) is 0 Å². The molecule has 108 valence electrons. The monoisotopic (exact) mass is 339 g/mol. The normalized spacial score (nSPS) is 12.0. The average Bonchev–Trinajstić information content (AvgIpc) is 2.74. The number of rotatable bonds is 2. The lowest BCUT2D eigenvalue weighted by atomic mass is 10.2. The topological polar surface area (TPSA) is 49.9 Å². The molecule has 1 heterocycles. The lowest BCUT2D eigenvalue weighted by Gasteiger charge is -2.07. The molecular weight excluding hydrogens is 329 g/mol. The standard InChI is InChI=1S/C15H11Cl2NO2S/c1-9-15(11-8-10(16)6-7-13(11)18-9)21(19,20)14-5-3-2-4-12(14)17/h2-8,18H,1H3. The van der Waals surface area contributed by atoms with E-state index >= 15 is 0 Å². The van der Waals surface area contributed by atoms with Crippen LogP contribution in [0.3, 0.4) is 0 Å². The van der Waals surface area contributed by atoms with Gasteiger partial charge in [0.05, 0.1) is 9.92 Å². The zero-order valence-corrected chi connectivity index (χ0v) is 13.4.